The van der Waals surface area contributed by atoms with E-state index in [0.717, 1.165) is 11.3 Å². The first-order valence-electron chi connectivity index (χ1n) is 8.52. The fourth-order valence-electron chi connectivity index (χ4n) is 3.08. The standard InChI is InChI=1S/C18H21N3O5S2/c1-18(2)8-11-15(12(22)9-18)27-17(20-11)21-16(23)10-5-6-13(26-4)14(7-10)28(24,25)19-3/h5-7,19H,8-9H2,1-4H3,(H,20,21,23). The fourth-order valence-corrected chi connectivity index (χ4v) is 4.91. The third-order valence-electron chi connectivity index (χ3n) is 4.44. The number of anilines is 1. The van der Waals surface area contributed by atoms with Crippen LogP contribution >= 0.6 is 11.3 Å². The largest absolute Gasteiger partial charge is 0.495 e. The second-order valence-corrected chi connectivity index (χ2v) is 10.1. The SMILES string of the molecule is CNS(=O)(=O)c1cc(C(=O)Nc2nc3c(s2)C(=O)CC(C)(C)C3)ccc1OC. The molecule has 0 bridgehead atoms. The van der Waals surface area contributed by atoms with E-state index < -0.39 is 15.9 Å². The van der Waals surface area contributed by atoms with E-state index in [1.807, 2.05) is 13.8 Å². The maximum absolute atomic E-state index is 12.6. The number of ether oxygens (including phenoxy) is 1. The van der Waals surface area contributed by atoms with Crippen molar-refractivity contribution >= 4 is 38.2 Å². The molecule has 1 amide bonds. The third kappa shape index (κ3) is 3.94. The van der Waals surface area contributed by atoms with Crippen LogP contribution in [0.2, 0.25) is 0 Å². The third-order valence-corrected chi connectivity index (χ3v) is 6.93. The summed E-state index contributed by atoms with van der Waals surface area (Å²) in [5.74, 6) is -0.368. The Morgan fingerprint density at radius 3 is 2.64 bits per heavy atom. The van der Waals surface area contributed by atoms with Gasteiger partial charge in [0.15, 0.2) is 10.9 Å². The van der Waals surface area contributed by atoms with E-state index in [1.165, 1.54) is 32.4 Å². The molecule has 0 spiro atoms. The number of benzene rings is 1. The molecule has 1 aliphatic carbocycles. The second kappa shape index (κ2) is 7.26. The summed E-state index contributed by atoms with van der Waals surface area (Å²) in [6.07, 6.45) is 1.10. The zero-order valence-corrected chi connectivity index (χ0v) is 17.6. The van der Waals surface area contributed by atoms with Crippen LogP contribution in [0.3, 0.4) is 0 Å². The van der Waals surface area contributed by atoms with E-state index in [4.69, 9.17) is 4.74 Å². The van der Waals surface area contributed by atoms with Gasteiger partial charge in [-0.3, -0.25) is 14.9 Å². The first-order chi connectivity index (χ1) is 13.1. The lowest BCUT2D eigenvalue weighted by Gasteiger charge is -2.26. The second-order valence-electron chi connectivity index (χ2n) is 7.26. The molecule has 0 saturated carbocycles. The number of hydrogen-bond donors (Lipinski definition) is 2. The van der Waals surface area contributed by atoms with Crippen molar-refractivity contribution in [1.82, 2.24) is 9.71 Å². The molecule has 3 rings (SSSR count). The van der Waals surface area contributed by atoms with Crippen LogP contribution < -0.4 is 14.8 Å². The number of thiazole rings is 1. The maximum Gasteiger partial charge on any atom is 0.257 e. The van der Waals surface area contributed by atoms with Crippen LogP contribution in [-0.2, 0) is 16.4 Å². The molecule has 150 valence electrons. The van der Waals surface area contributed by atoms with E-state index in [9.17, 15) is 18.0 Å². The zero-order chi connectivity index (χ0) is 20.7. The summed E-state index contributed by atoms with van der Waals surface area (Å²) in [5.41, 5.74) is 0.662. The Balaban J connectivity index is 1.89. The van der Waals surface area contributed by atoms with E-state index in [0.29, 0.717) is 28.5 Å². The van der Waals surface area contributed by atoms with E-state index in [2.05, 4.69) is 15.0 Å². The number of amides is 1. The van der Waals surface area contributed by atoms with Crippen molar-refractivity contribution in [2.45, 2.75) is 31.6 Å². The number of rotatable bonds is 5. The molecule has 1 heterocycles. The molecule has 28 heavy (non-hydrogen) atoms. The van der Waals surface area contributed by atoms with Gasteiger partial charge in [0.05, 0.1) is 17.7 Å². The predicted molar refractivity (Wildman–Crippen MR) is 106 cm³/mol. The average Bonchev–Trinajstić information content (AvgIpc) is 3.02. The quantitative estimate of drug-likeness (QED) is 0.764. The average molecular weight is 424 g/mol. The summed E-state index contributed by atoms with van der Waals surface area (Å²) in [6, 6.07) is 4.12. The Hall–Kier alpha value is -2.30. The van der Waals surface area contributed by atoms with Crippen molar-refractivity contribution in [3.63, 3.8) is 0 Å². The lowest BCUT2D eigenvalue weighted by molar-refractivity contribution is 0.0915. The molecule has 1 aromatic heterocycles. The lowest BCUT2D eigenvalue weighted by atomic mass is 9.78. The number of sulfonamides is 1. The molecule has 2 N–H and O–H groups in total. The van der Waals surface area contributed by atoms with Crippen molar-refractivity contribution in [1.29, 1.82) is 0 Å². The number of nitrogens with one attached hydrogen (secondary N) is 2. The summed E-state index contributed by atoms with van der Waals surface area (Å²) in [7, 11) is -1.18. The van der Waals surface area contributed by atoms with Gasteiger partial charge in [0.1, 0.15) is 10.6 Å². The maximum atomic E-state index is 12.6. The molecular formula is C18H21N3O5S2. The first-order valence-corrected chi connectivity index (χ1v) is 10.8. The van der Waals surface area contributed by atoms with Gasteiger partial charge in [-0.2, -0.15) is 0 Å². The minimum atomic E-state index is -3.81. The number of nitrogens with zero attached hydrogens (tertiary/aromatic N) is 1. The molecule has 1 aromatic carbocycles. The van der Waals surface area contributed by atoms with Gasteiger partial charge in [-0.25, -0.2) is 18.1 Å². The summed E-state index contributed by atoms with van der Waals surface area (Å²) < 4.78 is 31.6. The number of ketones is 1. The Bertz CT molecular complexity index is 1060. The normalized spacial score (nSPS) is 15.8. The number of methoxy groups -OCH3 is 1. The highest BCUT2D eigenvalue weighted by atomic mass is 32.2. The van der Waals surface area contributed by atoms with Crippen LogP contribution in [-0.4, -0.2) is 39.2 Å². The molecule has 8 nitrogen and oxygen atoms in total. The number of aromatic nitrogens is 1. The van der Waals surface area contributed by atoms with Crippen molar-refractivity contribution in [3.8, 4) is 5.75 Å². The van der Waals surface area contributed by atoms with E-state index >= 15 is 0 Å². The van der Waals surface area contributed by atoms with Gasteiger partial charge >= 0.3 is 0 Å². The van der Waals surface area contributed by atoms with Crippen LogP contribution in [0.5, 0.6) is 5.75 Å². The monoisotopic (exact) mass is 423 g/mol. The van der Waals surface area contributed by atoms with Gasteiger partial charge in [-0.05, 0) is 37.1 Å². The van der Waals surface area contributed by atoms with Gasteiger partial charge in [-0.15, -0.1) is 0 Å². The van der Waals surface area contributed by atoms with Gasteiger partial charge in [0.2, 0.25) is 10.0 Å². The predicted octanol–water partition coefficient (Wildman–Crippen LogP) is 2.47. The minimum absolute atomic E-state index is 0.0242. The summed E-state index contributed by atoms with van der Waals surface area (Å²) in [4.78, 5) is 29.7. The van der Waals surface area contributed by atoms with Crippen LogP contribution in [0.15, 0.2) is 23.1 Å². The molecule has 0 unspecified atom stereocenters. The Morgan fingerprint density at radius 1 is 1.29 bits per heavy atom. The zero-order valence-electron chi connectivity index (χ0n) is 16.0. The molecule has 2 aromatic rings. The topological polar surface area (TPSA) is 114 Å². The van der Waals surface area contributed by atoms with E-state index in [-0.39, 0.29) is 27.4 Å². The van der Waals surface area contributed by atoms with Gasteiger partial charge in [-0.1, -0.05) is 25.2 Å². The Kier molecular flexibility index (Phi) is 5.30. The Morgan fingerprint density at radius 2 is 2.00 bits per heavy atom. The molecule has 0 atom stereocenters. The number of hydrogen-bond acceptors (Lipinski definition) is 7. The van der Waals surface area contributed by atoms with Crippen LogP contribution in [0.4, 0.5) is 5.13 Å². The molecule has 0 saturated heterocycles. The van der Waals surface area contributed by atoms with Crippen LogP contribution in [0, 0.1) is 5.41 Å². The van der Waals surface area contributed by atoms with Crippen molar-refractivity contribution < 1.29 is 22.7 Å². The summed E-state index contributed by atoms with van der Waals surface area (Å²) >= 11 is 1.14. The minimum Gasteiger partial charge on any atom is -0.495 e. The number of carbonyl (C=O) groups is 2. The van der Waals surface area contributed by atoms with Gasteiger partial charge in [0.25, 0.3) is 5.91 Å². The highest BCUT2D eigenvalue weighted by molar-refractivity contribution is 7.89. The summed E-state index contributed by atoms with van der Waals surface area (Å²) in [5, 5.41) is 2.97. The lowest BCUT2D eigenvalue weighted by Crippen LogP contribution is -2.26. The molecule has 0 aliphatic heterocycles. The first kappa shape index (κ1) is 20.4. The smallest absolute Gasteiger partial charge is 0.257 e. The van der Waals surface area contributed by atoms with Crippen molar-refractivity contribution in [2.75, 3.05) is 19.5 Å². The van der Waals surface area contributed by atoms with Gasteiger partial charge in [0, 0.05) is 12.0 Å². The molecule has 0 fully saturated rings. The molecule has 10 heteroatoms. The number of fused-ring (bicyclic) bond motifs is 1. The van der Waals surface area contributed by atoms with E-state index in [1.54, 1.807) is 0 Å². The number of Topliss-reactive ketones (excluding diaryl/α,β-unsaturated/α-hetero) is 1. The van der Waals surface area contributed by atoms with Gasteiger partial charge < -0.3 is 4.74 Å². The Labute approximate surface area is 167 Å². The van der Waals surface area contributed by atoms with Crippen molar-refractivity contribution in [3.05, 3.63) is 34.3 Å². The fraction of sp³-hybridized carbons (Fsp3) is 0.389. The number of carbonyl (C=O) groups excluding carboxylic acids is 2. The van der Waals surface area contributed by atoms with Crippen LogP contribution in [0.1, 0.15) is 46.0 Å². The van der Waals surface area contributed by atoms with Crippen LogP contribution in [0.25, 0.3) is 0 Å². The summed E-state index contributed by atoms with van der Waals surface area (Å²) in [6.45, 7) is 4.01. The molecular weight excluding hydrogens is 402 g/mol. The van der Waals surface area contributed by atoms with Crippen molar-refractivity contribution in [2.24, 2.45) is 5.41 Å². The molecule has 1 aliphatic rings. The molecule has 0 radical (unpaired) electrons. The highest BCUT2D eigenvalue weighted by Gasteiger charge is 2.34. The highest BCUT2D eigenvalue weighted by Crippen LogP contribution is 2.38.